The first-order chi connectivity index (χ1) is 14.5. The van der Waals surface area contributed by atoms with E-state index in [2.05, 4.69) is 21.4 Å². The molecule has 1 aliphatic heterocycles. The lowest BCUT2D eigenvalue weighted by Gasteiger charge is -2.32. The Labute approximate surface area is 186 Å². The van der Waals surface area contributed by atoms with Crippen LogP contribution in [0.4, 0.5) is 5.82 Å². The number of phenols is 1. The number of hydrogen-bond acceptors (Lipinski definition) is 6. The summed E-state index contributed by atoms with van der Waals surface area (Å²) in [6.45, 7) is 1.46. The van der Waals surface area contributed by atoms with Crippen molar-refractivity contribution in [3.8, 4) is 29.4 Å². The summed E-state index contributed by atoms with van der Waals surface area (Å²) in [6.07, 6.45) is 7.26. The van der Waals surface area contributed by atoms with E-state index < -0.39 is 5.97 Å². The van der Waals surface area contributed by atoms with Crippen LogP contribution in [-0.2, 0) is 4.79 Å². The Kier molecular flexibility index (Phi) is 6.95. The largest absolute Gasteiger partial charge is 0.507 e. The Morgan fingerprint density at radius 3 is 2.71 bits per heavy atom. The van der Waals surface area contributed by atoms with E-state index >= 15 is 0 Å². The lowest BCUT2D eigenvalue weighted by Crippen LogP contribution is -2.44. The summed E-state index contributed by atoms with van der Waals surface area (Å²) in [6, 6.07) is 12.9. The molecule has 160 valence electrons. The predicted octanol–water partition coefficient (Wildman–Crippen LogP) is 3.37. The SMILES string of the molecule is C#Cc1ccc(-c2nnc(N[C@@H]3CCCN(CC(=O)O)C3)c3ccccc23)c(O)c1.Cl. The maximum Gasteiger partial charge on any atom is 0.317 e. The smallest absolute Gasteiger partial charge is 0.317 e. The Bertz CT molecular complexity index is 1150. The lowest BCUT2D eigenvalue weighted by atomic mass is 10.0. The molecule has 1 atom stereocenters. The van der Waals surface area contributed by atoms with Crippen LogP contribution in [0.1, 0.15) is 18.4 Å². The molecule has 3 N–H and O–H groups in total. The molecule has 1 aliphatic rings. The standard InChI is InChI=1S/C23H22N4O3.ClH/c1-2-15-9-10-19(20(28)12-15)22-17-7-3-4-8-18(17)23(26-25-22)24-16-6-5-11-27(13-16)14-21(29)30;/h1,3-4,7-10,12,16,28H,5-6,11,13-14H2,(H,24,26)(H,29,30);1H/t16-;/m1./s1. The molecule has 2 heterocycles. The number of carboxylic acid groups (broad SMARTS) is 1. The summed E-state index contributed by atoms with van der Waals surface area (Å²) >= 11 is 0. The van der Waals surface area contributed by atoms with Gasteiger partial charge in [-0.1, -0.05) is 30.2 Å². The molecule has 8 heteroatoms. The van der Waals surface area contributed by atoms with Crippen molar-refractivity contribution >= 4 is 35.0 Å². The average Bonchev–Trinajstić information content (AvgIpc) is 2.74. The van der Waals surface area contributed by atoms with Gasteiger partial charge in [-0.15, -0.1) is 29.0 Å². The number of phenolic OH excluding ortho intramolecular Hbond substituents is 1. The zero-order chi connectivity index (χ0) is 21.1. The number of terminal acetylenes is 1. The molecule has 31 heavy (non-hydrogen) atoms. The summed E-state index contributed by atoms with van der Waals surface area (Å²) in [5.74, 6) is 2.40. The maximum absolute atomic E-state index is 11.0. The molecular weight excluding hydrogens is 416 g/mol. The minimum absolute atomic E-state index is 0. The molecule has 4 rings (SSSR count). The number of nitrogens with zero attached hydrogens (tertiary/aromatic N) is 3. The van der Waals surface area contributed by atoms with E-state index in [0.29, 0.717) is 29.2 Å². The molecule has 0 saturated carbocycles. The number of carboxylic acids is 1. The number of nitrogens with one attached hydrogen (secondary N) is 1. The first-order valence-electron chi connectivity index (χ1n) is 9.81. The number of halogens is 1. The Morgan fingerprint density at radius 2 is 2.00 bits per heavy atom. The molecule has 1 aromatic heterocycles. The minimum atomic E-state index is -0.819. The normalized spacial score (nSPS) is 16.3. The fourth-order valence-corrected chi connectivity index (χ4v) is 3.93. The van der Waals surface area contributed by atoms with Crippen LogP contribution in [0.2, 0.25) is 0 Å². The molecule has 1 fully saturated rings. The van der Waals surface area contributed by atoms with E-state index in [0.717, 1.165) is 30.2 Å². The Balaban J connectivity index is 0.00000272. The fourth-order valence-electron chi connectivity index (χ4n) is 3.93. The maximum atomic E-state index is 11.0. The molecule has 0 aliphatic carbocycles. The van der Waals surface area contributed by atoms with Crippen LogP contribution in [0, 0.1) is 12.3 Å². The summed E-state index contributed by atoms with van der Waals surface area (Å²) in [7, 11) is 0. The van der Waals surface area contributed by atoms with E-state index in [1.165, 1.54) is 6.07 Å². The van der Waals surface area contributed by atoms with Gasteiger partial charge in [-0.2, -0.15) is 0 Å². The Hall–Kier alpha value is -3.34. The van der Waals surface area contributed by atoms with Gasteiger partial charge in [0.15, 0.2) is 5.82 Å². The lowest BCUT2D eigenvalue weighted by molar-refractivity contribution is -0.138. The summed E-state index contributed by atoms with van der Waals surface area (Å²) in [4.78, 5) is 13.0. The van der Waals surface area contributed by atoms with Crippen molar-refractivity contribution in [3.05, 3.63) is 48.0 Å². The van der Waals surface area contributed by atoms with E-state index in [-0.39, 0.29) is 30.7 Å². The van der Waals surface area contributed by atoms with Gasteiger partial charge in [0, 0.05) is 34.5 Å². The van der Waals surface area contributed by atoms with Crippen molar-refractivity contribution < 1.29 is 15.0 Å². The fraction of sp³-hybridized carbons (Fsp3) is 0.261. The summed E-state index contributed by atoms with van der Waals surface area (Å²) in [5.41, 5.74) is 1.73. The number of rotatable bonds is 5. The Morgan fingerprint density at radius 1 is 1.23 bits per heavy atom. The van der Waals surface area contributed by atoms with Crippen LogP contribution in [0.25, 0.3) is 22.0 Å². The van der Waals surface area contributed by atoms with Crippen molar-refractivity contribution in [1.82, 2.24) is 15.1 Å². The van der Waals surface area contributed by atoms with Gasteiger partial charge in [0.05, 0.1) is 6.54 Å². The van der Waals surface area contributed by atoms with Crippen LogP contribution >= 0.6 is 12.4 Å². The van der Waals surface area contributed by atoms with Gasteiger partial charge >= 0.3 is 5.97 Å². The second-order valence-corrected chi connectivity index (χ2v) is 7.43. The van der Waals surface area contributed by atoms with E-state index in [4.69, 9.17) is 11.5 Å². The highest BCUT2D eigenvalue weighted by Gasteiger charge is 2.23. The topological polar surface area (TPSA) is 98.6 Å². The van der Waals surface area contributed by atoms with Crippen molar-refractivity contribution in [2.45, 2.75) is 18.9 Å². The molecule has 0 radical (unpaired) electrons. The predicted molar refractivity (Wildman–Crippen MR) is 123 cm³/mol. The van der Waals surface area contributed by atoms with E-state index in [1.54, 1.807) is 12.1 Å². The molecule has 0 bridgehead atoms. The second-order valence-electron chi connectivity index (χ2n) is 7.43. The third-order valence-electron chi connectivity index (χ3n) is 5.31. The van der Waals surface area contributed by atoms with Gasteiger partial charge in [0.25, 0.3) is 0 Å². The van der Waals surface area contributed by atoms with Crippen LogP contribution < -0.4 is 5.32 Å². The number of piperidine rings is 1. The zero-order valence-electron chi connectivity index (χ0n) is 16.8. The van der Waals surface area contributed by atoms with Gasteiger partial charge in [0.1, 0.15) is 11.4 Å². The second kappa shape index (κ2) is 9.65. The molecule has 1 saturated heterocycles. The van der Waals surface area contributed by atoms with E-state index in [9.17, 15) is 9.90 Å². The number of fused-ring (bicyclic) bond motifs is 1. The summed E-state index contributed by atoms with van der Waals surface area (Å²) < 4.78 is 0. The van der Waals surface area contributed by atoms with Gasteiger partial charge in [-0.05, 0) is 37.6 Å². The number of hydrogen-bond donors (Lipinski definition) is 3. The highest BCUT2D eigenvalue weighted by molar-refractivity contribution is 6.01. The highest BCUT2D eigenvalue weighted by atomic mass is 35.5. The van der Waals surface area contributed by atoms with Gasteiger partial charge in [0.2, 0.25) is 0 Å². The molecule has 0 amide bonds. The van der Waals surface area contributed by atoms with Crippen LogP contribution in [-0.4, -0.2) is 57.0 Å². The number of likely N-dealkylation sites (tertiary alicyclic amines) is 1. The number of carbonyl (C=O) groups is 1. The average molecular weight is 439 g/mol. The third-order valence-corrected chi connectivity index (χ3v) is 5.31. The zero-order valence-corrected chi connectivity index (χ0v) is 17.6. The number of benzene rings is 2. The van der Waals surface area contributed by atoms with Crippen molar-refractivity contribution in [2.75, 3.05) is 25.0 Å². The molecule has 0 spiro atoms. The van der Waals surface area contributed by atoms with Gasteiger partial charge in [-0.25, -0.2) is 0 Å². The van der Waals surface area contributed by atoms with Crippen LogP contribution in [0.15, 0.2) is 42.5 Å². The van der Waals surface area contributed by atoms with Crippen LogP contribution in [0.3, 0.4) is 0 Å². The van der Waals surface area contributed by atoms with Crippen LogP contribution in [0.5, 0.6) is 5.75 Å². The monoisotopic (exact) mass is 438 g/mol. The van der Waals surface area contributed by atoms with Crippen molar-refractivity contribution in [1.29, 1.82) is 0 Å². The molecule has 2 aromatic carbocycles. The number of aromatic nitrogens is 2. The number of anilines is 1. The van der Waals surface area contributed by atoms with E-state index in [1.807, 2.05) is 29.2 Å². The quantitative estimate of drug-likeness (QED) is 0.525. The molecular formula is C23H23ClN4O3. The highest BCUT2D eigenvalue weighted by Crippen LogP contribution is 2.35. The van der Waals surface area contributed by atoms with Gasteiger partial charge < -0.3 is 15.5 Å². The molecule has 0 unspecified atom stereocenters. The van der Waals surface area contributed by atoms with Crippen molar-refractivity contribution in [3.63, 3.8) is 0 Å². The van der Waals surface area contributed by atoms with Gasteiger partial charge in [-0.3, -0.25) is 9.69 Å². The molecule has 3 aromatic rings. The van der Waals surface area contributed by atoms with Crippen molar-refractivity contribution in [2.24, 2.45) is 0 Å². The third kappa shape index (κ3) is 4.88. The first kappa shape index (κ1) is 22.3. The number of aliphatic carboxylic acids is 1. The molecule has 7 nitrogen and oxygen atoms in total. The first-order valence-corrected chi connectivity index (χ1v) is 9.81. The summed E-state index contributed by atoms with van der Waals surface area (Å²) in [5, 5.41) is 33.5. The number of aromatic hydroxyl groups is 1. The minimum Gasteiger partial charge on any atom is -0.507 e.